The maximum absolute atomic E-state index is 14.0. The molecule has 4 nitrogen and oxygen atoms in total. The van der Waals surface area contributed by atoms with Gasteiger partial charge < -0.3 is 9.64 Å². The van der Waals surface area contributed by atoms with E-state index in [1.165, 1.54) is 0 Å². The van der Waals surface area contributed by atoms with Crippen LogP contribution < -0.4 is 4.74 Å². The summed E-state index contributed by atoms with van der Waals surface area (Å²) in [6.07, 6.45) is 7.33. The molecule has 3 unspecified atom stereocenters. The average Bonchev–Trinajstić information content (AvgIpc) is 2.87. The first-order chi connectivity index (χ1) is 17.0. The molecule has 1 aliphatic heterocycles. The Labute approximate surface area is 217 Å². The molecule has 2 heterocycles. The molecule has 1 aromatic heterocycles. The van der Waals surface area contributed by atoms with E-state index in [0.717, 1.165) is 24.0 Å². The highest BCUT2D eigenvalue weighted by atomic mass is 35.5. The molecule has 1 saturated heterocycles. The van der Waals surface area contributed by atoms with Crippen molar-refractivity contribution >= 4 is 29.1 Å². The van der Waals surface area contributed by atoms with Crippen LogP contribution in [0.3, 0.4) is 0 Å². The van der Waals surface area contributed by atoms with Crippen molar-refractivity contribution in [2.24, 2.45) is 5.92 Å². The highest BCUT2D eigenvalue weighted by Crippen LogP contribution is 2.47. The summed E-state index contributed by atoms with van der Waals surface area (Å²) >= 11 is 12.6. The molecular formula is C29H30Cl2N2O2. The summed E-state index contributed by atoms with van der Waals surface area (Å²) in [6, 6.07) is 19.2. The highest BCUT2D eigenvalue weighted by molar-refractivity contribution is 6.30. The quantitative estimate of drug-likeness (QED) is 0.281. The Morgan fingerprint density at radius 1 is 1.11 bits per heavy atom. The summed E-state index contributed by atoms with van der Waals surface area (Å²) in [4.78, 5) is 20.2. The molecule has 0 N–H and O–H groups in total. The van der Waals surface area contributed by atoms with Gasteiger partial charge in [-0.05, 0) is 66.8 Å². The van der Waals surface area contributed by atoms with E-state index in [0.29, 0.717) is 28.8 Å². The number of nitrogens with zero attached hydrogens (tertiary/aromatic N) is 2. The molecule has 2 aromatic carbocycles. The van der Waals surface area contributed by atoms with E-state index in [9.17, 15) is 4.79 Å². The predicted molar refractivity (Wildman–Crippen MR) is 142 cm³/mol. The fraction of sp³-hybridized carbons (Fsp3) is 0.310. The minimum absolute atomic E-state index is 0.0602. The first-order valence-electron chi connectivity index (χ1n) is 12.0. The third-order valence-corrected chi connectivity index (χ3v) is 7.19. The molecule has 0 radical (unpaired) electrons. The molecule has 1 aliphatic rings. The largest absolute Gasteiger partial charge is 0.490 e. The van der Waals surface area contributed by atoms with Gasteiger partial charge in [0, 0.05) is 28.1 Å². The summed E-state index contributed by atoms with van der Waals surface area (Å²) in [5.41, 5.74) is 2.16. The molecule has 0 bridgehead atoms. The van der Waals surface area contributed by atoms with Crippen LogP contribution in [0.4, 0.5) is 0 Å². The van der Waals surface area contributed by atoms with Gasteiger partial charge >= 0.3 is 0 Å². The van der Waals surface area contributed by atoms with Crippen LogP contribution in [-0.4, -0.2) is 28.4 Å². The molecule has 6 heteroatoms. The van der Waals surface area contributed by atoms with Gasteiger partial charge in [-0.2, -0.15) is 0 Å². The fourth-order valence-electron chi connectivity index (χ4n) is 5.01. The van der Waals surface area contributed by atoms with E-state index in [1.54, 1.807) is 12.4 Å². The lowest BCUT2D eigenvalue weighted by molar-refractivity contribution is -0.147. The van der Waals surface area contributed by atoms with Crippen LogP contribution in [0.15, 0.2) is 85.7 Å². The van der Waals surface area contributed by atoms with E-state index < -0.39 is 0 Å². The molecule has 3 aromatic rings. The van der Waals surface area contributed by atoms with Crippen molar-refractivity contribution in [3.8, 4) is 5.75 Å². The number of amides is 1. The molecule has 35 heavy (non-hydrogen) atoms. The predicted octanol–water partition coefficient (Wildman–Crippen LogP) is 7.50. The van der Waals surface area contributed by atoms with Crippen molar-refractivity contribution in [3.05, 3.63) is 107 Å². The number of benzene rings is 2. The summed E-state index contributed by atoms with van der Waals surface area (Å²) in [5.74, 6) is 0.717. The molecule has 4 rings (SSSR count). The van der Waals surface area contributed by atoms with Gasteiger partial charge in [0.25, 0.3) is 0 Å². The van der Waals surface area contributed by atoms with Gasteiger partial charge in [-0.3, -0.25) is 9.78 Å². The van der Waals surface area contributed by atoms with Gasteiger partial charge in [-0.15, -0.1) is 6.58 Å². The van der Waals surface area contributed by atoms with Crippen LogP contribution in [0, 0.1) is 5.92 Å². The Morgan fingerprint density at radius 2 is 1.91 bits per heavy atom. The van der Waals surface area contributed by atoms with Gasteiger partial charge in [-0.25, -0.2) is 0 Å². The number of rotatable bonds is 9. The zero-order valence-corrected chi connectivity index (χ0v) is 21.3. The zero-order chi connectivity index (χ0) is 24.8. The van der Waals surface area contributed by atoms with Crippen LogP contribution >= 0.6 is 23.2 Å². The number of ether oxygens (including phenoxy) is 1. The minimum Gasteiger partial charge on any atom is -0.490 e. The summed E-state index contributed by atoms with van der Waals surface area (Å²) < 4.78 is 6.10. The minimum atomic E-state index is -0.179. The number of piperidine rings is 1. The molecule has 182 valence electrons. The van der Waals surface area contributed by atoms with Gasteiger partial charge in [-0.1, -0.05) is 60.5 Å². The Hall–Kier alpha value is -2.82. The Kier molecular flexibility index (Phi) is 8.48. The maximum Gasteiger partial charge on any atom is 0.226 e. The molecular weight excluding hydrogens is 479 g/mol. The zero-order valence-electron chi connectivity index (χ0n) is 19.8. The lowest BCUT2D eigenvalue weighted by Gasteiger charge is -2.48. The molecule has 0 spiro atoms. The van der Waals surface area contributed by atoms with Crippen molar-refractivity contribution < 1.29 is 9.53 Å². The topological polar surface area (TPSA) is 42.4 Å². The number of aromatic nitrogens is 1. The van der Waals surface area contributed by atoms with E-state index in [4.69, 9.17) is 27.9 Å². The third kappa shape index (κ3) is 5.88. The average molecular weight is 509 g/mol. The Balaban J connectivity index is 1.78. The summed E-state index contributed by atoms with van der Waals surface area (Å²) in [6.45, 7) is 6.38. The first-order valence-corrected chi connectivity index (χ1v) is 12.7. The third-order valence-electron chi connectivity index (χ3n) is 6.70. The number of likely N-dealkylation sites (tertiary alicyclic amines) is 1. The number of carbonyl (C=O) groups excluding carboxylic acids is 1. The Bertz CT molecular complexity index is 1140. The monoisotopic (exact) mass is 508 g/mol. The second-order valence-corrected chi connectivity index (χ2v) is 9.80. The SMILES string of the molecule is C=CCC1C[C@H](c2cccc(Cl)c2)C(c2ccc(Cl)cc2)N(C(CC)COc2cccnc2)C1=O. The fourth-order valence-corrected chi connectivity index (χ4v) is 5.34. The number of carbonyl (C=O) groups is 1. The van der Waals surface area contributed by atoms with Crippen LogP contribution in [0.2, 0.25) is 10.0 Å². The van der Waals surface area contributed by atoms with E-state index >= 15 is 0 Å². The van der Waals surface area contributed by atoms with Crippen molar-refractivity contribution in [1.29, 1.82) is 0 Å². The molecule has 4 atom stereocenters. The second-order valence-electron chi connectivity index (χ2n) is 8.92. The molecule has 1 fully saturated rings. The highest BCUT2D eigenvalue weighted by Gasteiger charge is 2.45. The van der Waals surface area contributed by atoms with Crippen LogP contribution in [0.1, 0.15) is 49.3 Å². The number of hydrogen-bond acceptors (Lipinski definition) is 3. The summed E-state index contributed by atoms with van der Waals surface area (Å²) in [5, 5.41) is 1.35. The van der Waals surface area contributed by atoms with Crippen molar-refractivity contribution in [1.82, 2.24) is 9.88 Å². The summed E-state index contributed by atoms with van der Waals surface area (Å²) in [7, 11) is 0. The second kappa shape index (κ2) is 11.7. The van der Waals surface area contributed by atoms with Crippen molar-refractivity contribution in [2.75, 3.05) is 6.61 Å². The van der Waals surface area contributed by atoms with Gasteiger partial charge in [0.15, 0.2) is 0 Å². The number of halogens is 2. The van der Waals surface area contributed by atoms with Crippen molar-refractivity contribution in [3.63, 3.8) is 0 Å². The van der Waals surface area contributed by atoms with Crippen molar-refractivity contribution in [2.45, 2.75) is 44.2 Å². The van der Waals surface area contributed by atoms with E-state index in [-0.39, 0.29) is 29.8 Å². The number of allylic oxidation sites excluding steroid dienone is 1. The number of hydrogen-bond donors (Lipinski definition) is 0. The molecule has 0 saturated carbocycles. The normalized spacial score (nSPS) is 20.9. The van der Waals surface area contributed by atoms with Crippen LogP contribution in [0.5, 0.6) is 5.75 Å². The van der Waals surface area contributed by atoms with E-state index in [1.807, 2.05) is 65.6 Å². The van der Waals surface area contributed by atoms with Crippen LogP contribution in [0.25, 0.3) is 0 Å². The van der Waals surface area contributed by atoms with E-state index in [2.05, 4.69) is 24.6 Å². The lowest BCUT2D eigenvalue weighted by atomic mass is 9.74. The standard InChI is InChI=1S/C29H30Cl2N2O2/c1-3-7-22-17-27(21-8-5-9-24(31)16-21)28(20-11-13-23(30)14-12-20)33(29(22)34)25(4-2)19-35-26-10-6-15-32-18-26/h3,5-6,8-16,18,22,25,27-28H,1,4,7,17,19H2,2H3/t22?,25?,27-,28?/m1/s1. The maximum atomic E-state index is 14.0. The first kappa shape index (κ1) is 25.3. The molecule has 0 aliphatic carbocycles. The van der Waals surface area contributed by atoms with Crippen LogP contribution in [-0.2, 0) is 4.79 Å². The van der Waals surface area contributed by atoms with Gasteiger partial charge in [0.05, 0.1) is 18.3 Å². The van der Waals surface area contributed by atoms with Gasteiger partial charge in [0.2, 0.25) is 5.91 Å². The lowest BCUT2D eigenvalue weighted by Crippen LogP contribution is -2.53. The number of pyridine rings is 1. The smallest absolute Gasteiger partial charge is 0.226 e. The Morgan fingerprint density at radius 3 is 2.57 bits per heavy atom. The molecule has 1 amide bonds. The van der Waals surface area contributed by atoms with Gasteiger partial charge in [0.1, 0.15) is 12.4 Å².